The van der Waals surface area contributed by atoms with Crippen molar-refractivity contribution in [1.82, 2.24) is 10.6 Å². The second-order valence-corrected chi connectivity index (χ2v) is 7.17. The van der Waals surface area contributed by atoms with Crippen molar-refractivity contribution in [2.45, 2.75) is 32.4 Å². The first-order chi connectivity index (χ1) is 14.2. The van der Waals surface area contributed by atoms with Gasteiger partial charge in [0.2, 0.25) is 0 Å². The third-order valence-electron chi connectivity index (χ3n) is 4.94. The fraction of sp³-hybridized carbons (Fsp3) is 0.435. The molecule has 0 spiro atoms. The number of rotatable bonds is 8. The topological polar surface area (TPSA) is 64.1 Å². The highest BCUT2D eigenvalue weighted by molar-refractivity contribution is 14.0. The molecular weight excluding hydrogens is 493 g/mol. The predicted molar refractivity (Wildman–Crippen MR) is 131 cm³/mol. The van der Waals surface area contributed by atoms with Crippen LogP contribution < -0.4 is 20.1 Å². The molecule has 30 heavy (non-hydrogen) atoms. The number of hydrogen-bond acceptors (Lipinski definition) is 4. The van der Waals surface area contributed by atoms with Gasteiger partial charge in [0.05, 0.1) is 20.3 Å². The van der Waals surface area contributed by atoms with E-state index in [0.717, 1.165) is 49.0 Å². The summed E-state index contributed by atoms with van der Waals surface area (Å²) in [5.74, 6) is 2.57. The van der Waals surface area contributed by atoms with Crippen molar-refractivity contribution in [2.24, 2.45) is 4.99 Å². The Morgan fingerprint density at radius 2 is 1.97 bits per heavy atom. The van der Waals surface area contributed by atoms with Crippen molar-refractivity contribution >= 4 is 29.9 Å². The average Bonchev–Trinajstić information content (AvgIpc) is 3.25. The lowest BCUT2D eigenvalue weighted by Crippen LogP contribution is -2.38. The van der Waals surface area contributed by atoms with Crippen LogP contribution in [0.4, 0.5) is 0 Å². The second-order valence-electron chi connectivity index (χ2n) is 7.17. The van der Waals surface area contributed by atoms with Crippen LogP contribution >= 0.6 is 24.0 Å². The van der Waals surface area contributed by atoms with Crippen molar-refractivity contribution in [3.8, 4) is 11.5 Å². The van der Waals surface area contributed by atoms with E-state index < -0.39 is 0 Å². The van der Waals surface area contributed by atoms with Crippen molar-refractivity contribution in [1.29, 1.82) is 0 Å². The highest BCUT2D eigenvalue weighted by atomic mass is 127. The maximum Gasteiger partial charge on any atom is 0.191 e. The predicted octanol–water partition coefficient (Wildman–Crippen LogP) is 3.70. The Kier molecular flexibility index (Phi) is 10.2. The van der Waals surface area contributed by atoms with Gasteiger partial charge in [-0.05, 0) is 42.7 Å². The van der Waals surface area contributed by atoms with Crippen LogP contribution in [0.3, 0.4) is 0 Å². The summed E-state index contributed by atoms with van der Waals surface area (Å²) in [5, 5.41) is 6.75. The van der Waals surface area contributed by atoms with Gasteiger partial charge in [-0.3, -0.25) is 4.99 Å². The number of hydrogen-bond donors (Lipinski definition) is 2. The summed E-state index contributed by atoms with van der Waals surface area (Å²) in [6.07, 6.45) is 1.98. The lowest BCUT2D eigenvalue weighted by Gasteiger charge is -2.18. The van der Waals surface area contributed by atoms with Crippen LogP contribution in [0.2, 0.25) is 0 Å². The van der Waals surface area contributed by atoms with Crippen LogP contribution in [0.1, 0.15) is 23.1 Å². The molecule has 0 radical (unpaired) electrons. The fourth-order valence-electron chi connectivity index (χ4n) is 3.22. The molecular formula is C23H32IN3O3. The van der Waals surface area contributed by atoms with Gasteiger partial charge in [-0.1, -0.05) is 24.3 Å². The molecule has 1 unspecified atom stereocenters. The number of methoxy groups -OCH3 is 1. The molecule has 2 N–H and O–H groups in total. The molecule has 2 aromatic carbocycles. The Hall–Kier alpha value is -2.00. The molecule has 0 bridgehead atoms. The molecule has 3 rings (SSSR count). The van der Waals surface area contributed by atoms with Crippen molar-refractivity contribution in [3.63, 3.8) is 0 Å². The molecule has 1 atom stereocenters. The Labute approximate surface area is 196 Å². The SMILES string of the molecule is CN=C(NCCc1ccc(OC)cc1)NCc1ccc(C)cc1OC1CCOC1.I. The fourth-order valence-corrected chi connectivity index (χ4v) is 3.22. The molecule has 0 saturated carbocycles. The van der Waals surface area contributed by atoms with Gasteiger partial charge in [0.25, 0.3) is 0 Å². The first-order valence-electron chi connectivity index (χ1n) is 10.1. The third-order valence-corrected chi connectivity index (χ3v) is 4.94. The molecule has 1 saturated heterocycles. The van der Waals surface area contributed by atoms with E-state index in [0.29, 0.717) is 13.2 Å². The summed E-state index contributed by atoms with van der Waals surface area (Å²) in [5.41, 5.74) is 3.55. The van der Waals surface area contributed by atoms with E-state index in [9.17, 15) is 0 Å². The molecule has 2 aromatic rings. The van der Waals surface area contributed by atoms with Crippen molar-refractivity contribution in [2.75, 3.05) is 33.9 Å². The van der Waals surface area contributed by atoms with E-state index >= 15 is 0 Å². The summed E-state index contributed by atoms with van der Waals surface area (Å²) < 4.78 is 16.8. The van der Waals surface area contributed by atoms with Gasteiger partial charge in [-0.15, -0.1) is 24.0 Å². The maximum absolute atomic E-state index is 6.18. The van der Waals surface area contributed by atoms with E-state index in [4.69, 9.17) is 14.2 Å². The first-order valence-corrected chi connectivity index (χ1v) is 10.1. The zero-order valence-electron chi connectivity index (χ0n) is 17.9. The van der Waals surface area contributed by atoms with E-state index in [1.165, 1.54) is 11.1 Å². The lowest BCUT2D eigenvalue weighted by atomic mass is 10.1. The molecule has 6 nitrogen and oxygen atoms in total. The van der Waals surface area contributed by atoms with E-state index in [2.05, 4.69) is 52.9 Å². The Morgan fingerprint density at radius 1 is 1.17 bits per heavy atom. The zero-order chi connectivity index (χ0) is 20.5. The molecule has 0 aromatic heterocycles. The molecule has 1 aliphatic rings. The van der Waals surface area contributed by atoms with Crippen molar-refractivity contribution < 1.29 is 14.2 Å². The van der Waals surface area contributed by atoms with Gasteiger partial charge >= 0.3 is 0 Å². The van der Waals surface area contributed by atoms with Crippen LogP contribution in [0.5, 0.6) is 11.5 Å². The summed E-state index contributed by atoms with van der Waals surface area (Å²) in [6, 6.07) is 14.4. The van der Waals surface area contributed by atoms with Gasteiger partial charge in [0.1, 0.15) is 17.6 Å². The van der Waals surface area contributed by atoms with Gasteiger partial charge < -0.3 is 24.8 Å². The Bertz CT molecular complexity index is 806. The van der Waals surface area contributed by atoms with Crippen LogP contribution in [0.25, 0.3) is 0 Å². The van der Waals surface area contributed by atoms with Gasteiger partial charge in [-0.25, -0.2) is 0 Å². The molecule has 1 fully saturated rings. The van der Waals surface area contributed by atoms with E-state index in [1.54, 1.807) is 14.2 Å². The van der Waals surface area contributed by atoms with Crippen LogP contribution in [0, 0.1) is 6.92 Å². The van der Waals surface area contributed by atoms with E-state index in [-0.39, 0.29) is 30.1 Å². The number of nitrogens with zero attached hydrogens (tertiary/aromatic N) is 1. The zero-order valence-corrected chi connectivity index (χ0v) is 20.3. The number of benzene rings is 2. The first kappa shape index (κ1) is 24.3. The highest BCUT2D eigenvalue weighted by Gasteiger charge is 2.18. The van der Waals surface area contributed by atoms with Crippen LogP contribution in [-0.2, 0) is 17.7 Å². The number of aliphatic imine (C=N–C) groups is 1. The van der Waals surface area contributed by atoms with E-state index in [1.807, 2.05) is 12.1 Å². The second kappa shape index (κ2) is 12.6. The largest absolute Gasteiger partial charge is 0.497 e. The Balaban J connectivity index is 0.00000320. The molecule has 1 aliphatic heterocycles. The summed E-state index contributed by atoms with van der Waals surface area (Å²) in [6.45, 7) is 4.95. The van der Waals surface area contributed by atoms with Crippen molar-refractivity contribution in [3.05, 3.63) is 59.2 Å². The summed E-state index contributed by atoms with van der Waals surface area (Å²) >= 11 is 0. The number of halogens is 1. The number of ether oxygens (including phenoxy) is 3. The molecule has 0 aliphatic carbocycles. The van der Waals surface area contributed by atoms with Crippen LogP contribution in [0.15, 0.2) is 47.5 Å². The monoisotopic (exact) mass is 525 g/mol. The van der Waals surface area contributed by atoms with Crippen LogP contribution in [-0.4, -0.2) is 46.0 Å². The lowest BCUT2D eigenvalue weighted by molar-refractivity contribution is 0.140. The third kappa shape index (κ3) is 7.36. The molecule has 7 heteroatoms. The summed E-state index contributed by atoms with van der Waals surface area (Å²) in [4.78, 5) is 4.33. The normalized spacial score (nSPS) is 16.0. The minimum Gasteiger partial charge on any atom is -0.497 e. The maximum atomic E-state index is 6.18. The minimum absolute atomic E-state index is 0. The number of nitrogens with one attached hydrogen (secondary N) is 2. The summed E-state index contributed by atoms with van der Waals surface area (Å²) in [7, 11) is 3.46. The van der Waals surface area contributed by atoms with Gasteiger partial charge in [0.15, 0.2) is 5.96 Å². The van der Waals surface area contributed by atoms with Gasteiger partial charge in [-0.2, -0.15) is 0 Å². The smallest absolute Gasteiger partial charge is 0.191 e. The Morgan fingerprint density at radius 3 is 2.63 bits per heavy atom. The highest BCUT2D eigenvalue weighted by Crippen LogP contribution is 2.23. The number of guanidine groups is 1. The molecule has 164 valence electrons. The quantitative estimate of drug-likeness (QED) is 0.313. The molecule has 1 heterocycles. The molecule has 0 amide bonds. The average molecular weight is 525 g/mol. The minimum atomic E-state index is 0. The standard InChI is InChI=1S/C23H31N3O3.HI/c1-17-4-7-19(22(14-17)29-21-11-13-28-16-21)15-26-23(24-2)25-12-10-18-5-8-20(27-3)9-6-18;/h4-9,14,21H,10-13,15-16H2,1-3H3,(H2,24,25,26);1H. The van der Waals surface area contributed by atoms with Gasteiger partial charge in [0, 0.05) is 32.1 Å². The number of aryl methyl sites for hydroxylation is 1.